The quantitative estimate of drug-likeness (QED) is 0.804. The first-order chi connectivity index (χ1) is 13.4. The molecule has 1 atom stereocenters. The van der Waals surface area contributed by atoms with Crippen molar-refractivity contribution in [3.05, 3.63) is 47.7 Å². The van der Waals surface area contributed by atoms with Gasteiger partial charge in [-0.25, -0.2) is 4.98 Å². The van der Waals surface area contributed by atoms with Crippen molar-refractivity contribution >= 4 is 5.91 Å². The predicted octanol–water partition coefficient (Wildman–Crippen LogP) is 3.65. The molecule has 0 radical (unpaired) electrons. The van der Waals surface area contributed by atoms with Crippen LogP contribution in [0.25, 0.3) is 0 Å². The number of halogens is 3. The van der Waals surface area contributed by atoms with Gasteiger partial charge in [0.25, 0.3) is 5.91 Å². The Morgan fingerprint density at radius 2 is 2.18 bits per heavy atom. The van der Waals surface area contributed by atoms with E-state index in [2.05, 4.69) is 4.98 Å². The average molecular weight is 398 g/mol. The molecule has 0 spiro atoms. The van der Waals surface area contributed by atoms with Crippen molar-refractivity contribution in [3.8, 4) is 5.75 Å². The largest absolute Gasteiger partial charge is 0.484 e. The molecule has 0 bridgehead atoms. The summed E-state index contributed by atoms with van der Waals surface area (Å²) in [4.78, 5) is 18.5. The number of likely N-dealkylation sites (tertiary alicyclic amines) is 1. The van der Waals surface area contributed by atoms with Crippen LogP contribution in [0.15, 0.2) is 34.9 Å². The van der Waals surface area contributed by atoms with Crippen LogP contribution < -0.4 is 4.74 Å². The second kappa shape index (κ2) is 8.64. The van der Waals surface area contributed by atoms with Gasteiger partial charge in [0.05, 0.1) is 5.56 Å². The highest BCUT2D eigenvalue weighted by atomic mass is 19.4. The van der Waals surface area contributed by atoms with E-state index < -0.39 is 11.7 Å². The first-order valence-electron chi connectivity index (χ1n) is 9.05. The van der Waals surface area contributed by atoms with Crippen LogP contribution in [0.5, 0.6) is 5.75 Å². The Bertz CT molecular complexity index is 804. The van der Waals surface area contributed by atoms with Crippen molar-refractivity contribution in [2.75, 3.05) is 13.2 Å². The summed E-state index contributed by atoms with van der Waals surface area (Å²) in [7, 11) is 0. The molecule has 2 heterocycles. The lowest BCUT2D eigenvalue weighted by molar-refractivity contribution is -0.137. The third kappa shape index (κ3) is 4.83. The lowest BCUT2D eigenvalue weighted by Crippen LogP contribution is -2.44. The lowest BCUT2D eigenvalue weighted by atomic mass is 9.99. The number of oxazole rings is 1. The number of nitrogens with zero attached hydrogens (tertiary/aromatic N) is 2. The normalized spacial score (nSPS) is 17.6. The van der Waals surface area contributed by atoms with Gasteiger partial charge in [-0.3, -0.25) is 4.79 Å². The maximum atomic E-state index is 12.7. The molecule has 1 saturated heterocycles. The van der Waals surface area contributed by atoms with E-state index >= 15 is 0 Å². The lowest BCUT2D eigenvalue weighted by Gasteiger charge is -2.35. The predicted molar refractivity (Wildman–Crippen MR) is 92.7 cm³/mol. The van der Waals surface area contributed by atoms with Gasteiger partial charge in [-0.05, 0) is 43.9 Å². The zero-order chi connectivity index (χ0) is 20.1. The van der Waals surface area contributed by atoms with E-state index in [0.29, 0.717) is 13.0 Å². The fourth-order valence-corrected chi connectivity index (χ4v) is 3.25. The van der Waals surface area contributed by atoms with E-state index in [0.717, 1.165) is 31.4 Å². The number of carbonyl (C=O) groups excluding carboxylic acids is 1. The molecule has 3 rings (SSSR count). The molecule has 1 N–H and O–H groups in total. The Morgan fingerprint density at radius 1 is 1.36 bits per heavy atom. The number of piperidine rings is 1. The number of benzene rings is 1. The Kier molecular flexibility index (Phi) is 6.23. The molecule has 0 aliphatic carbocycles. The summed E-state index contributed by atoms with van der Waals surface area (Å²) in [6, 6.07) is 4.46. The number of amides is 1. The third-order valence-corrected chi connectivity index (χ3v) is 4.64. The van der Waals surface area contributed by atoms with Crippen LogP contribution in [0.2, 0.25) is 0 Å². The van der Waals surface area contributed by atoms with E-state index in [9.17, 15) is 23.1 Å². The zero-order valence-corrected chi connectivity index (χ0v) is 15.1. The van der Waals surface area contributed by atoms with Crippen LogP contribution in [0, 0.1) is 0 Å². The molecular weight excluding hydrogens is 377 g/mol. The molecule has 0 unspecified atom stereocenters. The number of ether oxygens (including phenoxy) is 1. The molecule has 1 amide bonds. The molecule has 0 saturated carbocycles. The summed E-state index contributed by atoms with van der Waals surface area (Å²) in [5, 5.41) is 9.18. The summed E-state index contributed by atoms with van der Waals surface area (Å²) in [5.74, 6) is -0.163. The highest BCUT2D eigenvalue weighted by Gasteiger charge is 2.31. The van der Waals surface area contributed by atoms with Gasteiger partial charge in [0, 0.05) is 19.2 Å². The standard InChI is InChI=1S/C19H21F3N2O4/c20-19(21,22)13-4-3-6-15(10-13)27-12-17-23-16(11-28-17)18(26)24-8-2-1-5-14(24)7-9-25/h3-4,6,10-11,14,25H,1-2,5,7-9,12H2/t14-/m0/s1. The highest BCUT2D eigenvalue weighted by molar-refractivity contribution is 5.92. The minimum atomic E-state index is -4.46. The maximum Gasteiger partial charge on any atom is 0.416 e. The van der Waals surface area contributed by atoms with E-state index in [1.54, 1.807) is 4.90 Å². The van der Waals surface area contributed by atoms with Gasteiger partial charge in [-0.2, -0.15) is 13.2 Å². The summed E-state index contributed by atoms with van der Waals surface area (Å²) in [6.07, 6.45) is -0.00956. The number of aromatic nitrogens is 1. The number of rotatable bonds is 6. The van der Waals surface area contributed by atoms with Crippen LogP contribution in [-0.4, -0.2) is 40.1 Å². The topological polar surface area (TPSA) is 75.8 Å². The molecule has 152 valence electrons. The van der Waals surface area contributed by atoms with E-state index in [1.807, 2.05) is 0 Å². The van der Waals surface area contributed by atoms with Gasteiger partial charge in [-0.1, -0.05) is 6.07 Å². The summed E-state index contributed by atoms with van der Waals surface area (Å²) in [6.45, 7) is 0.393. The van der Waals surface area contributed by atoms with Crippen molar-refractivity contribution < 1.29 is 32.2 Å². The number of hydrogen-bond donors (Lipinski definition) is 1. The Morgan fingerprint density at radius 3 is 2.93 bits per heavy atom. The zero-order valence-electron chi connectivity index (χ0n) is 15.1. The molecule has 1 aromatic heterocycles. The molecule has 1 aliphatic heterocycles. The van der Waals surface area contributed by atoms with Crippen LogP contribution in [0.3, 0.4) is 0 Å². The maximum absolute atomic E-state index is 12.7. The van der Waals surface area contributed by atoms with Gasteiger partial charge in [0.1, 0.15) is 12.0 Å². The van der Waals surface area contributed by atoms with Crippen molar-refractivity contribution in [3.63, 3.8) is 0 Å². The fraction of sp³-hybridized carbons (Fsp3) is 0.474. The smallest absolute Gasteiger partial charge is 0.416 e. The second-order valence-corrected chi connectivity index (χ2v) is 6.60. The minimum absolute atomic E-state index is 0.00332. The molecule has 6 nitrogen and oxygen atoms in total. The molecule has 28 heavy (non-hydrogen) atoms. The third-order valence-electron chi connectivity index (χ3n) is 4.64. The SMILES string of the molecule is O=C(c1coc(COc2cccc(C(F)(F)F)c2)n1)N1CCCC[C@H]1CCO. The summed E-state index contributed by atoms with van der Waals surface area (Å²) < 4.78 is 48.8. The number of hydrogen-bond acceptors (Lipinski definition) is 5. The van der Waals surface area contributed by atoms with Crippen LogP contribution >= 0.6 is 0 Å². The molecular formula is C19H21F3N2O4. The van der Waals surface area contributed by atoms with E-state index in [-0.39, 0.29) is 42.5 Å². The van der Waals surface area contributed by atoms with Gasteiger partial charge in [0.2, 0.25) is 5.89 Å². The Hall–Kier alpha value is -2.55. The van der Waals surface area contributed by atoms with E-state index in [4.69, 9.17) is 9.15 Å². The van der Waals surface area contributed by atoms with Gasteiger partial charge in [0.15, 0.2) is 12.3 Å². The number of aliphatic hydroxyl groups excluding tert-OH is 1. The summed E-state index contributed by atoms with van der Waals surface area (Å²) in [5.41, 5.74) is -0.694. The monoisotopic (exact) mass is 398 g/mol. The minimum Gasteiger partial charge on any atom is -0.484 e. The molecule has 2 aromatic rings. The van der Waals surface area contributed by atoms with Gasteiger partial charge < -0.3 is 19.2 Å². The van der Waals surface area contributed by atoms with Gasteiger partial charge >= 0.3 is 6.18 Å². The van der Waals surface area contributed by atoms with Gasteiger partial charge in [-0.15, -0.1) is 0 Å². The molecule has 1 fully saturated rings. The van der Waals surface area contributed by atoms with Crippen LogP contribution in [0.4, 0.5) is 13.2 Å². The first-order valence-corrected chi connectivity index (χ1v) is 9.05. The van der Waals surface area contributed by atoms with Crippen molar-refractivity contribution in [1.29, 1.82) is 0 Å². The van der Waals surface area contributed by atoms with Crippen LogP contribution in [0.1, 0.15) is 47.6 Å². The summed E-state index contributed by atoms with van der Waals surface area (Å²) >= 11 is 0. The van der Waals surface area contributed by atoms with Crippen molar-refractivity contribution in [2.45, 2.75) is 44.5 Å². The van der Waals surface area contributed by atoms with Crippen LogP contribution in [-0.2, 0) is 12.8 Å². The number of aliphatic hydroxyl groups is 1. The molecule has 1 aliphatic rings. The average Bonchev–Trinajstić information content (AvgIpc) is 3.15. The molecule has 1 aromatic carbocycles. The fourth-order valence-electron chi connectivity index (χ4n) is 3.25. The Labute approximate surface area is 159 Å². The first kappa shape index (κ1) is 20.2. The molecule has 9 heteroatoms. The van der Waals surface area contributed by atoms with Crippen molar-refractivity contribution in [1.82, 2.24) is 9.88 Å². The number of carbonyl (C=O) groups is 1. The van der Waals surface area contributed by atoms with E-state index in [1.165, 1.54) is 18.4 Å². The van der Waals surface area contributed by atoms with Crippen molar-refractivity contribution in [2.24, 2.45) is 0 Å². The second-order valence-electron chi connectivity index (χ2n) is 6.60. The highest BCUT2D eigenvalue weighted by Crippen LogP contribution is 2.31. The Balaban J connectivity index is 1.63. The number of alkyl halides is 3.